The number of carboxylic acids is 1. The molecule has 9 heteroatoms. The highest BCUT2D eigenvalue weighted by molar-refractivity contribution is 5.92. The first kappa shape index (κ1) is 15.4. The number of carbonyl (C=O) groups is 2. The van der Waals surface area contributed by atoms with Crippen molar-refractivity contribution in [2.75, 3.05) is 11.9 Å². The summed E-state index contributed by atoms with van der Waals surface area (Å²) in [6.45, 7) is 0.761. The predicted molar refractivity (Wildman–Crippen MR) is 68.5 cm³/mol. The number of carboxylic acid groups (broad SMARTS) is 1. The molecule has 0 saturated heterocycles. The molecule has 1 atom stereocenters. The maximum Gasteiger partial charge on any atom is 0.328 e. The van der Waals surface area contributed by atoms with Gasteiger partial charge in [0.2, 0.25) is 0 Å². The van der Waals surface area contributed by atoms with Crippen LogP contribution in [0.15, 0.2) is 18.2 Å². The lowest BCUT2D eigenvalue weighted by Crippen LogP contribution is -2.45. The maximum atomic E-state index is 11.5. The van der Waals surface area contributed by atoms with Crippen molar-refractivity contribution < 1.29 is 24.7 Å². The molecule has 0 spiro atoms. The van der Waals surface area contributed by atoms with Crippen LogP contribution in [0.25, 0.3) is 0 Å². The van der Waals surface area contributed by atoms with Gasteiger partial charge in [-0.05, 0) is 19.1 Å². The van der Waals surface area contributed by atoms with Crippen molar-refractivity contribution in [3.63, 3.8) is 0 Å². The number of nitrogens with zero attached hydrogens (tertiary/aromatic N) is 1. The van der Waals surface area contributed by atoms with Gasteiger partial charge in [-0.2, -0.15) is 0 Å². The Morgan fingerprint density at radius 2 is 2.10 bits per heavy atom. The Morgan fingerprint density at radius 1 is 1.45 bits per heavy atom. The van der Waals surface area contributed by atoms with Crippen molar-refractivity contribution in [3.05, 3.63) is 33.9 Å². The molecule has 0 aliphatic carbocycles. The number of aryl methyl sites for hydroxylation is 1. The first-order valence-corrected chi connectivity index (χ1v) is 5.51. The van der Waals surface area contributed by atoms with E-state index < -0.39 is 29.6 Å². The molecule has 4 N–H and O–H groups in total. The average Bonchev–Trinajstić information content (AvgIpc) is 2.35. The average molecular weight is 283 g/mol. The molecule has 9 nitrogen and oxygen atoms in total. The minimum atomic E-state index is -1.42. The summed E-state index contributed by atoms with van der Waals surface area (Å²) in [5.41, 5.74) is 0.534. The molecule has 0 aliphatic rings. The maximum absolute atomic E-state index is 11.5. The monoisotopic (exact) mass is 283 g/mol. The number of aliphatic carboxylic acids is 1. The third-order valence-corrected chi connectivity index (χ3v) is 2.44. The Balaban J connectivity index is 2.74. The molecule has 1 aromatic rings. The standard InChI is InChI=1S/C11H13N3O6/c1-6-4-7(2-3-9(6)14(19)20)12-11(18)13-8(5-15)10(16)17/h2-4,8,15H,5H2,1H3,(H,16,17)(H2,12,13,18). The Kier molecular flexibility index (Phi) is 4.98. The fourth-order valence-corrected chi connectivity index (χ4v) is 1.45. The van der Waals surface area contributed by atoms with Crippen LogP contribution < -0.4 is 10.6 Å². The Bertz CT molecular complexity index is 545. The number of hydrogen-bond acceptors (Lipinski definition) is 5. The molecule has 0 bridgehead atoms. The Hall–Kier alpha value is -2.68. The zero-order valence-electron chi connectivity index (χ0n) is 10.5. The number of aliphatic hydroxyl groups is 1. The summed E-state index contributed by atoms with van der Waals surface area (Å²) in [6, 6.07) is 1.67. The van der Waals surface area contributed by atoms with E-state index in [-0.39, 0.29) is 11.4 Å². The third kappa shape index (κ3) is 3.92. The van der Waals surface area contributed by atoms with Crippen LogP contribution >= 0.6 is 0 Å². The van der Waals surface area contributed by atoms with Crippen LogP contribution in [0, 0.1) is 17.0 Å². The number of urea groups is 1. The van der Waals surface area contributed by atoms with Gasteiger partial charge in [-0.15, -0.1) is 0 Å². The number of carbonyl (C=O) groups excluding carboxylic acids is 1. The van der Waals surface area contributed by atoms with E-state index >= 15 is 0 Å². The van der Waals surface area contributed by atoms with Gasteiger partial charge < -0.3 is 20.8 Å². The molecule has 2 amide bonds. The minimum Gasteiger partial charge on any atom is -0.480 e. The molecular weight excluding hydrogens is 270 g/mol. The molecule has 1 rings (SSSR count). The molecule has 108 valence electrons. The van der Waals surface area contributed by atoms with E-state index in [2.05, 4.69) is 5.32 Å². The molecule has 0 heterocycles. The van der Waals surface area contributed by atoms with Gasteiger partial charge in [-0.25, -0.2) is 9.59 Å². The van der Waals surface area contributed by atoms with E-state index in [1.54, 1.807) is 0 Å². The van der Waals surface area contributed by atoms with Gasteiger partial charge >= 0.3 is 12.0 Å². The number of nitrogens with one attached hydrogen (secondary N) is 2. The smallest absolute Gasteiger partial charge is 0.328 e. The largest absolute Gasteiger partial charge is 0.480 e. The van der Waals surface area contributed by atoms with Gasteiger partial charge in [0.05, 0.1) is 11.5 Å². The summed E-state index contributed by atoms with van der Waals surface area (Å²) in [5, 5.41) is 32.4. The van der Waals surface area contributed by atoms with Crippen LogP contribution in [0.4, 0.5) is 16.2 Å². The molecular formula is C11H13N3O6. The van der Waals surface area contributed by atoms with Gasteiger partial charge in [-0.3, -0.25) is 10.1 Å². The highest BCUT2D eigenvalue weighted by Crippen LogP contribution is 2.21. The third-order valence-electron chi connectivity index (χ3n) is 2.44. The normalized spacial score (nSPS) is 11.5. The summed E-state index contributed by atoms with van der Waals surface area (Å²) in [6.07, 6.45) is 0. The van der Waals surface area contributed by atoms with Crippen molar-refractivity contribution in [1.29, 1.82) is 0 Å². The first-order valence-electron chi connectivity index (χ1n) is 5.51. The second kappa shape index (κ2) is 6.48. The first-order chi connectivity index (χ1) is 9.35. The summed E-state index contributed by atoms with van der Waals surface area (Å²) in [4.78, 5) is 32.2. The minimum absolute atomic E-state index is 0.0882. The van der Waals surface area contributed by atoms with E-state index in [9.17, 15) is 19.7 Å². The number of rotatable bonds is 5. The van der Waals surface area contributed by atoms with Crippen LogP contribution in [-0.2, 0) is 4.79 Å². The quantitative estimate of drug-likeness (QED) is 0.457. The van der Waals surface area contributed by atoms with E-state index in [0.717, 1.165) is 0 Å². The second-order valence-electron chi connectivity index (χ2n) is 3.93. The zero-order chi connectivity index (χ0) is 15.3. The SMILES string of the molecule is Cc1cc(NC(=O)NC(CO)C(=O)O)ccc1[N+](=O)[O-]. The number of aliphatic hydroxyl groups excluding tert-OH is 1. The number of benzene rings is 1. The van der Waals surface area contributed by atoms with Crippen molar-refractivity contribution in [2.45, 2.75) is 13.0 Å². The lowest BCUT2D eigenvalue weighted by molar-refractivity contribution is -0.385. The number of amides is 2. The highest BCUT2D eigenvalue weighted by atomic mass is 16.6. The second-order valence-corrected chi connectivity index (χ2v) is 3.93. The van der Waals surface area contributed by atoms with E-state index in [1.165, 1.54) is 25.1 Å². The van der Waals surface area contributed by atoms with Crippen molar-refractivity contribution in [2.24, 2.45) is 0 Å². The summed E-state index contributed by atoms with van der Waals surface area (Å²) in [7, 11) is 0. The van der Waals surface area contributed by atoms with Gasteiger partial charge in [0, 0.05) is 17.3 Å². The number of nitro benzene ring substituents is 1. The summed E-state index contributed by atoms with van der Waals surface area (Å²) in [5.74, 6) is -1.37. The number of anilines is 1. The lowest BCUT2D eigenvalue weighted by Gasteiger charge is -2.12. The summed E-state index contributed by atoms with van der Waals surface area (Å²) >= 11 is 0. The molecule has 0 aromatic heterocycles. The molecule has 0 saturated carbocycles. The van der Waals surface area contributed by atoms with E-state index in [0.29, 0.717) is 5.56 Å². The van der Waals surface area contributed by atoms with E-state index in [1.807, 2.05) is 5.32 Å². The topological polar surface area (TPSA) is 142 Å². The molecule has 0 radical (unpaired) electrons. The van der Waals surface area contributed by atoms with E-state index in [4.69, 9.17) is 10.2 Å². The zero-order valence-corrected chi connectivity index (χ0v) is 10.5. The van der Waals surface area contributed by atoms with Crippen LogP contribution in [0.2, 0.25) is 0 Å². The molecule has 1 unspecified atom stereocenters. The van der Waals surface area contributed by atoms with Gasteiger partial charge in [0.25, 0.3) is 5.69 Å². The van der Waals surface area contributed by atoms with Gasteiger partial charge in [0.1, 0.15) is 0 Å². The fourth-order valence-electron chi connectivity index (χ4n) is 1.45. The van der Waals surface area contributed by atoms with Crippen LogP contribution in [-0.4, -0.2) is 39.8 Å². The van der Waals surface area contributed by atoms with Crippen molar-refractivity contribution >= 4 is 23.4 Å². The Labute approximate surface area is 113 Å². The molecule has 1 aromatic carbocycles. The number of nitro groups is 1. The van der Waals surface area contributed by atoms with Crippen LogP contribution in [0.3, 0.4) is 0 Å². The van der Waals surface area contributed by atoms with Gasteiger partial charge in [-0.1, -0.05) is 0 Å². The van der Waals surface area contributed by atoms with Crippen molar-refractivity contribution in [3.8, 4) is 0 Å². The fraction of sp³-hybridized carbons (Fsp3) is 0.273. The number of hydrogen-bond donors (Lipinski definition) is 4. The van der Waals surface area contributed by atoms with Gasteiger partial charge in [0.15, 0.2) is 6.04 Å². The lowest BCUT2D eigenvalue weighted by atomic mass is 10.2. The van der Waals surface area contributed by atoms with Crippen LogP contribution in [0.5, 0.6) is 0 Å². The Morgan fingerprint density at radius 3 is 2.55 bits per heavy atom. The van der Waals surface area contributed by atoms with Crippen LogP contribution in [0.1, 0.15) is 5.56 Å². The van der Waals surface area contributed by atoms with Crippen molar-refractivity contribution in [1.82, 2.24) is 5.32 Å². The highest BCUT2D eigenvalue weighted by Gasteiger charge is 2.19. The summed E-state index contributed by atoms with van der Waals surface area (Å²) < 4.78 is 0. The predicted octanol–water partition coefficient (Wildman–Crippen LogP) is 0.470. The molecule has 0 fully saturated rings. The molecule has 20 heavy (non-hydrogen) atoms. The molecule has 0 aliphatic heterocycles.